The molecule has 0 saturated carbocycles. The number of hydrogen-bond acceptors (Lipinski definition) is 5. The van der Waals surface area contributed by atoms with Crippen LogP contribution in [0, 0.1) is 6.92 Å². The van der Waals surface area contributed by atoms with Crippen LogP contribution >= 0.6 is 11.8 Å². The number of amides is 1. The first kappa shape index (κ1) is 21.4. The van der Waals surface area contributed by atoms with Gasteiger partial charge in [-0.3, -0.25) is 14.2 Å². The number of nitrogens with one attached hydrogen (secondary N) is 1. The summed E-state index contributed by atoms with van der Waals surface area (Å²) in [5.41, 5.74) is 6.27. The average molecular weight is 434 g/mol. The van der Waals surface area contributed by atoms with Gasteiger partial charge in [-0.25, -0.2) is 0 Å². The number of nitrogens with two attached hydrogens (primary N) is 1. The average Bonchev–Trinajstić information content (AvgIpc) is 2.66. The highest BCUT2D eigenvalue weighted by molar-refractivity contribution is 7.99. The van der Waals surface area contributed by atoms with Crippen LogP contribution in [0.5, 0.6) is 0 Å². The minimum absolute atomic E-state index is 0.0203. The summed E-state index contributed by atoms with van der Waals surface area (Å²) in [6.45, 7) is 1.92. The summed E-state index contributed by atoms with van der Waals surface area (Å²) in [6.07, 6.45) is -4.51. The fraction of sp³-hybridized carbons (Fsp3) is 0.150. The minimum Gasteiger partial charge on any atom is -0.385 e. The lowest BCUT2D eigenvalue weighted by Gasteiger charge is -2.15. The number of aryl methyl sites for hydroxylation is 1. The third-order valence-corrected chi connectivity index (χ3v) is 4.96. The van der Waals surface area contributed by atoms with E-state index in [4.69, 9.17) is 5.73 Å². The number of carbonyl (C=O) groups excluding carboxylic acids is 1. The first-order valence-electron chi connectivity index (χ1n) is 8.70. The minimum atomic E-state index is -4.51. The molecule has 6 nitrogen and oxygen atoms in total. The Bertz CT molecular complexity index is 1130. The van der Waals surface area contributed by atoms with Crippen molar-refractivity contribution >= 4 is 29.2 Å². The van der Waals surface area contributed by atoms with E-state index >= 15 is 0 Å². The molecule has 1 aromatic heterocycles. The molecule has 3 rings (SSSR count). The number of hydrogen-bond donors (Lipinski definition) is 2. The number of alkyl halides is 3. The number of aromatic nitrogens is 2. The predicted molar refractivity (Wildman–Crippen MR) is 110 cm³/mol. The van der Waals surface area contributed by atoms with Crippen molar-refractivity contribution in [3.8, 4) is 5.69 Å². The summed E-state index contributed by atoms with van der Waals surface area (Å²) < 4.78 is 40.0. The van der Waals surface area contributed by atoms with Gasteiger partial charge in [-0.15, -0.1) is 0 Å². The van der Waals surface area contributed by atoms with Crippen LogP contribution in [-0.2, 0) is 11.0 Å². The number of nitrogens with zero attached hydrogens (tertiary/aromatic N) is 2. The van der Waals surface area contributed by atoms with Crippen LogP contribution < -0.4 is 16.6 Å². The van der Waals surface area contributed by atoms with Crippen molar-refractivity contribution in [1.29, 1.82) is 0 Å². The lowest BCUT2D eigenvalue weighted by molar-refractivity contribution is -0.137. The molecule has 30 heavy (non-hydrogen) atoms. The summed E-state index contributed by atoms with van der Waals surface area (Å²) in [6, 6.07) is 12.8. The molecule has 10 heteroatoms. The number of benzene rings is 2. The molecule has 0 atom stereocenters. The smallest absolute Gasteiger partial charge is 0.385 e. The number of thioether (sulfide) groups is 1. The van der Waals surface area contributed by atoms with E-state index in [0.717, 1.165) is 29.5 Å². The molecule has 0 radical (unpaired) electrons. The van der Waals surface area contributed by atoms with Gasteiger partial charge in [0.2, 0.25) is 5.91 Å². The summed E-state index contributed by atoms with van der Waals surface area (Å²) in [4.78, 5) is 28.0. The Morgan fingerprint density at radius 3 is 2.53 bits per heavy atom. The predicted octanol–water partition coefficient (Wildman–Crippen LogP) is 3.87. The van der Waals surface area contributed by atoms with Crippen molar-refractivity contribution < 1.29 is 18.0 Å². The molecule has 0 saturated heterocycles. The molecule has 3 aromatic rings. The second-order valence-electron chi connectivity index (χ2n) is 6.39. The molecule has 1 heterocycles. The largest absolute Gasteiger partial charge is 0.416 e. The lowest BCUT2D eigenvalue weighted by atomic mass is 10.2. The van der Waals surface area contributed by atoms with Gasteiger partial charge in [0.1, 0.15) is 5.82 Å². The third kappa shape index (κ3) is 5.20. The fourth-order valence-corrected chi connectivity index (χ4v) is 3.46. The van der Waals surface area contributed by atoms with Crippen LogP contribution in [0.2, 0.25) is 0 Å². The number of anilines is 2. The number of nitrogen functional groups attached to an aromatic ring is 1. The lowest BCUT2D eigenvalue weighted by Crippen LogP contribution is -2.19. The second kappa shape index (κ2) is 8.62. The first-order valence-corrected chi connectivity index (χ1v) is 9.68. The number of carbonyl (C=O) groups is 1. The zero-order chi connectivity index (χ0) is 21.9. The zero-order valence-electron chi connectivity index (χ0n) is 15.7. The van der Waals surface area contributed by atoms with Gasteiger partial charge in [-0.2, -0.15) is 18.2 Å². The summed E-state index contributed by atoms with van der Waals surface area (Å²) >= 11 is 0.949. The van der Waals surface area contributed by atoms with Gasteiger partial charge in [0.15, 0.2) is 5.16 Å². The molecule has 0 aliphatic rings. The molecule has 156 valence electrons. The quantitative estimate of drug-likeness (QED) is 0.470. The Morgan fingerprint density at radius 2 is 1.87 bits per heavy atom. The zero-order valence-corrected chi connectivity index (χ0v) is 16.6. The first-order chi connectivity index (χ1) is 14.1. The maximum Gasteiger partial charge on any atom is 0.416 e. The van der Waals surface area contributed by atoms with E-state index in [1.54, 1.807) is 12.1 Å². The van der Waals surface area contributed by atoms with Crippen LogP contribution in [0.3, 0.4) is 0 Å². The SMILES string of the molecule is Cc1ccc(-n2c(N)cc(=O)nc2SCC(=O)Nc2cccc(C(F)(F)F)c2)cc1. The van der Waals surface area contributed by atoms with Crippen molar-refractivity contribution in [2.75, 3.05) is 16.8 Å². The molecular weight excluding hydrogens is 417 g/mol. The van der Waals surface area contributed by atoms with E-state index in [-0.39, 0.29) is 22.4 Å². The van der Waals surface area contributed by atoms with Crippen LogP contribution in [0.4, 0.5) is 24.7 Å². The molecular formula is C20H17F3N4O2S. The highest BCUT2D eigenvalue weighted by atomic mass is 32.2. The Kier molecular flexibility index (Phi) is 6.16. The van der Waals surface area contributed by atoms with E-state index in [2.05, 4.69) is 10.3 Å². The number of halogens is 3. The van der Waals surface area contributed by atoms with E-state index in [9.17, 15) is 22.8 Å². The molecule has 3 N–H and O–H groups in total. The maximum absolute atomic E-state index is 12.8. The van der Waals surface area contributed by atoms with Crippen LogP contribution in [0.25, 0.3) is 5.69 Å². The Morgan fingerprint density at radius 1 is 1.17 bits per heavy atom. The van der Waals surface area contributed by atoms with Crippen molar-refractivity contribution in [3.63, 3.8) is 0 Å². The molecule has 0 spiro atoms. The highest BCUT2D eigenvalue weighted by Gasteiger charge is 2.30. The molecule has 2 aromatic carbocycles. The molecule has 1 amide bonds. The Balaban J connectivity index is 1.78. The topological polar surface area (TPSA) is 90.0 Å². The van der Waals surface area contributed by atoms with E-state index in [1.807, 2.05) is 19.1 Å². The van der Waals surface area contributed by atoms with Gasteiger partial charge in [0.25, 0.3) is 5.56 Å². The van der Waals surface area contributed by atoms with Gasteiger partial charge in [0.05, 0.1) is 11.3 Å². The van der Waals surface area contributed by atoms with Crippen molar-refractivity contribution in [3.05, 3.63) is 76.1 Å². The van der Waals surface area contributed by atoms with Crippen LogP contribution in [-0.4, -0.2) is 21.2 Å². The highest BCUT2D eigenvalue weighted by Crippen LogP contribution is 2.30. The normalized spacial score (nSPS) is 11.3. The fourth-order valence-electron chi connectivity index (χ4n) is 2.63. The molecule has 0 bridgehead atoms. The Hall–Kier alpha value is -3.27. The van der Waals surface area contributed by atoms with Gasteiger partial charge in [-0.05, 0) is 37.3 Å². The third-order valence-electron chi connectivity index (χ3n) is 4.02. The standard InChI is InChI=1S/C20H17F3N4O2S/c1-12-5-7-15(8-6-12)27-16(24)10-17(28)26-19(27)30-11-18(29)25-14-4-2-3-13(9-14)20(21,22)23/h2-10H,11,24H2,1H3,(H,25,29). The monoisotopic (exact) mass is 434 g/mol. The van der Waals surface area contributed by atoms with E-state index < -0.39 is 23.2 Å². The molecule has 0 aliphatic carbocycles. The maximum atomic E-state index is 12.8. The van der Waals surface area contributed by atoms with Gasteiger partial charge in [0, 0.05) is 17.4 Å². The van der Waals surface area contributed by atoms with Gasteiger partial charge in [-0.1, -0.05) is 35.5 Å². The molecule has 0 aliphatic heterocycles. The van der Waals surface area contributed by atoms with Gasteiger partial charge >= 0.3 is 6.18 Å². The van der Waals surface area contributed by atoms with Crippen LogP contribution in [0.15, 0.2) is 64.5 Å². The number of rotatable bonds is 5. The summed E-state index contributed by atoms with van der Waals surface area (Å²) in [5.74, 6) is -0.580. The second-order valence-corrected chi connectivity index (χ2v) is 7.33. The van der Waals surface area contributed by atoms with Crippen molar-refractivity contribution in [1.82, 2.24) is 9.55 Å². The Labute approximate surface area is 173 Å². The van der Waals surface area contributed by atoms with Crippen LogP contribution in [0.1, 0.15) is 11.1 Å². The summed E-state index contributed by atoms with van der Waals surface area (Å²) in [7, 11) is 0. The summed E-state index contributed by atoms with van der Waals surface area (Å²) in [5, 5.41) is 2.61. The molecule has 0 unspecified atom stereocenters. The van der Waals surface area contributed by atoms with E-state index in [1.165, 1.54) is 22.8 Å². The molecule has 0 fully saturated rings. The van der Waals surface area contributed by atoms with Crippen molar-refractivity contribution in [2.45, 2.75) is 18.3 Å². The van der Waals surface area contributed by atoms with Crippen molar-refractivity contribution in [2.24, 2.45) is 0 Å². The van der Waals surface area contributed by atoms with Gasteiger partial charge < -0.3 is 11.1 Å². The van der Waals surface area contributed by atoms with E-state index in [0.29, 0.717) is 5.69 Å².